The maximum atomic E-state index is 12.2. The Hall–Kier alpha value is -3.66. The van der Waals surface area contributed by atoms with Crippen molar-refractivity contribution in [3.05, 3.63) is 96.8 Å². The van der Waals surface area contributed by atoms with Gasteiger partial charge in [-0.3, -0.25) is 4.57 Å². The van der Waals surface area contributed by atoms with E-state index in [-0.39, 0.29) is 5.97 Å². The second-order valence-corrected chi connectivity index (χ2v) is 6.33. The first-order valence-electron chi connectivity index (χ1n) is 9.23. The zero-order valence-electron chi connectivity index (χ0n) is 15.6. The third-order valence-corrected chi connectivity index (χ3v) is 4.54. The summed E-state index contributed by atoms with van der Waals surface area (Å²) in [6, 6.07) is 26.2. The summed E-state index contributed by atoms with van der Waals surface area (Å²) >= 11 is 0. The molecule has 0 unspecified atom stereocenters. The van der Waals surface area contributed by atoms with Crippen molar-refractivity contribution in [2.45, 2.75) is 6.92 Å². The van der Waals surface area contributed by atoms with Crippen molar-refractivity contribution in [3.63, 3.8) is 0 Å². The Balaban J connectivity index is 1.79. The van der Waals surface area contributed by atoms with Gasteiger partial charge in [-0.2, -0.15) is 0 Å². The average Bonchev–Trinajstić information content (AvgIpc) is 3.17. The largest absolute Gasteiger partial charge is 0.463 e. The zero-order chi connectivity index (χ0) is 19.3. The predicted octanol–water partition coefficient (Wildman–Crippen LogP) is 5.16. The van der Waals surface area contributed by atoms with Crippen molar-refractivity contribution in [1.29, 1.82) is 0 Å². The van der Waals surface area contributed by atoms with E-state index >= 15 is 0 Å². The van der Waals surface area contributed by atoms with Crippen LogP contribution in [-0.2, 0) is 9.53 Å². The summed E-state index contributed by atoms with van der Waals surface area (Å²) in [6.45, 7) is 2.13. The number of fused-ring (bicyclic) bond motifs is 1. The van der Waals surface area contributed by atoms with Gasteiger partial charge in [-0.15, -0.1) is 0 Å². The number of para-hydroxylation sites is 2. The smallest absolute Gasteiger partial charge is 0.332 e. The molecule has 4 aromatic rings. The second-order valence-electron chi connectivity index (χ2n) is 6.33. The van der Waals surface area contributed by atoms with Gasteiger partial charge in [0.2, 0.25) is 0 Å². The number of carbonyl (C=O) groups excluding carboxylic acids is 1. The monoisotopic (exact) mass is 368 g/mol. The highest BCUT2D eigenvalue weighted by Gasteiger charge is 2.12. The predicted molar refractivity (Wildman–Crippen MR) is 112 cm³/mol. The molecule has 0 spiro atoms. The molecule has 4 heteroatoms. The fraction of sp³-hybridized carbons (Fsp3) is 0.0833. The van der Waals surface area contributed by atoms with Crippen LogP contribution in [0.5, 0.6) is 0 Å². The lowest BCUT2D eigenvalue weighted by molar-refractivity contribution is -0.137. The van der Waals surface area contributed by atoms with Gasteiger partial charge in [-0.1, -0.05) is 66.7 Å². The van der Waals surface area contributed by atoms with Crippen molar-refractivity contribution < 1.29 is 9.53 Å². The van der Waals surface area contributed by atoms with Crippen molar-refractivity contribution in [2.75, 3.05) is 6.61 Å². The minimum absolute atomic E-state index is 0.334. The fourth-order valence-electron chi connectivity index (χ4n) is 3.20. The fourth-order valence-corrected chi connectivity index (χ4v) is 3.20. The van der Waals surface area contributed by atoms with Gasteiger partial charge in [0.1, 0.15) is 6.33 Å². The Kier molecular flexibility index (Phi) is 5.02. The normalized spacial score (nSPS) is 11.5. The summed E-state index contributed by atoms with van der Waals surface area (Å²) in [4.78, 5) is 16.7. The van der Waals surface area contributed by atoms with Crippen LogP contribution in [0.3, 0.4) is 0 Å². The van der Waals surface area contributed by atoms with Gasteiger partial charge in [0.05, 0.1) is 23.3 Å². The molecule has 1 heterocycles. The highest BCUT2D eigenvalue weighted by molar-refractivity contribution is 5.94. The Morgan fingerprint density at radius 1 is 0.929 bits per heavy atom. The average molecular weight is 368 g/mol. The summed E-state index contributed by atoms with van der Waals surface area (Å²) in [6.07, 6.45) is 3.26. The van der Waals surface area contributed by atoms with E-state index in [0.717, 1.165) is 33.4 Å². The molecule has 0 saturated heterocycles. The maximum Gasteiger partial charge on any atom is 0.332 e. The van der Waals surface area contributed by atoms with Gasteiger partial charge in [0.15, 0.2) is 0 Å². The number of aromatic nitrogens is 2. The molecule has 0 fully saturated rings. The molecule has 0 amide bonds. The van der Waals surface area contributed by atoms with E-state index in [1.165, 1.54) is 6.08 Å². The van der Waals surface area contributed by atoms with Gasteiger partial charge in [0.25, 0.3) is 0 Å². The summed E-state index contributed by atoms with van der Waals surface area (Å²) in [7, 11) is 0. The molecular formula is C24H20N2O2. The molecule has 0 bridgehead atoms. The van der Waals surface area contributed by atoms with Crippen LogP contribution in [0.25, 0.3) is 27.9 Å². The topological polar surface area (TPSA) is 44.1 Å². The highest BCUT2D eigenvalue weighted by Crippen LogP contribution is 2.26. The SMILES string of the molecule is CCOC(=O)/C=C(\c1ccc(-c2ccccc2)cc1)n1cnc2ccccc21. The van der Waals surface area contributed by atoms with Crippen LogP contribution >= 0.6 is 0 Å². The van der Waals surface area contributed by atoms with Gasteiger partial charge >= 0.3 is 5.97 Å². The lowest BCUT2D eigenvalue weighted by Gasteiger charge is -2.12. The van der Waals surface area contributed by atoms with Crippen LogP contribution in [0, 0.1) is 0 Å². The number of benzene rings is 3. The zero-order valence-corrected chi connectivity index (χ0v) is 15.6. The van der Waals surface area contributed by atoms with Crippen LogP contribution in [0.4, 0.5) is 0 Å². The van der Waals surface area contributed by atoms with E-state index in [9.17, 15) is 4.79 Å². The summed E-state index contributed by atoms with van der Waals surface area (Å²) < 4.78 is 7.07. The number of esters is 1. The Labute approximate surface area is 163 Å². The number of rotatable bonds is 5. The highest BCUT2D eigenvalue weighted by atomic mass is 16.5. The quantitative estimate of drug-likeness (QED) is 0.361. The van der Waals surface area contributed by atoms with E-state index in [0.29, 0.717) is 6.61 Å². The minimum atomic E-state index is -0.373. The molecule has 0 aliphatic heterocycles. The number of nitrogens with zero attached hydrogens (tertiary/aromatic N) is 2. The summed E-state index contributed by atoms with van der Waals surface area (Å²) in [5.41, 5.74) is 5.72. The van der Waals surface area contributed by atoms with Crippen molar-refractivity contribution in [1.82, 2.24) is 9.55 Å². The van der Waals surface area contributed by atoms with E-state index in [4.69, 9.17) is 4.74 Å². The number of hydrogen-bond donors (Lipinski definition) is 0. The molecule has 0 aliphatic carbocycles. The van der Waals surface area contributed by atoms with E-state index in [1.807, 2.05) is 59.2 Å². The number of hydrogen-bond acceptors (Lipinski definition) is 3. The standard InChI is InChI=1S/C24H20N2O2/c1-2-28-24(27)16-23(26-17-25-21-10-6-7-11-22(21)26)20-14-12-19(13-15-20)18-8-4-3-5-9-18/h3-17H,2H2,1H3/b23-16+. The first-order valence-corrected chi connectivity index (χ1v) is 9.23. The third-order valence-electron chi connectivity index (χ3n) is 4.54. The van der Waals surface area contributed by atoms with Crippen LogP contribution < -0.4 is 0 Å². The van der Waals surface area contributed by atoms with Crippen molar-refractivity contribution in [3.8, 4) is 11.1 Å². The molecule has 3 aromatic carbocycles. The number of carbonyl (C=O) groups is 1. The van der Waals surface area contributed by atoms with Crippen LogP contribution in [-0.4, -0.2) is 22.1 Å². The van der Waals surface area contributed by atoms with Gasteiger partial charge in [-0.05, 0) is 35.7 Å². The molecule has 0 radical (unpaired) electrons. The Bertz CT molecular complexity index is 1130. The van der Waals surface area contributed by atoms with E-state index in [1.54, 1.807) is 13.3 Å². The number of imidazole rings is 1. The Morgan fingerprint density at radius 2 is 1.61 bits per heavy atom. The van der Waals surface area contributed by atoms with Crippen molar-refractivity contribution >= 4 is 22.7 Å². The molecule has 4 rings (SSSR count). The van der Waals surface area contributed by atoms with Gasteiger partial charge in [0, 0.05) is 6.08 Å². The molecule has 0 atom stereocenters. The van der Waals surface area contributed by atoms with Crippen LogP contribution in [0.1, 0.15) is 12.5 Å². The first-order chi connectivity index (χ1) is 13.8. The van der Waals surface area contributed by atoms with E-state index in [2.05, 4.69) is 29.2 Å². The van der Waals surface area contributed by atoms with Crippen LogP contribution in [0.2, 0.25) is 0 Å². The lowest BCUT2D eigenvalue weighted by atomic mass is 10.0. The summed E-state index contributed by atoms with van der Waals surface area (Å²) in [5, 5.41) is 0. The van der Waals surface area contributed by atoms with Gasteiger partial charge in [-0.25, -0.2) is 9.78 Å². The molecule has 28 heavy (non-hydrogen) atoms. The van der Waals surface area contributed by atoms with E-state index < -0.39 is 0 Å². The van der Waals surface area contributed by atoms with Gasteiger partial charge < -0.3 is 4.74 Å². The molecule has 4 nitrogen and oxygen atoms in total. The first kappa shape index (κ1) is 17.7. The lowest BCUT2D eigenvalue weighted by Crippen LogP contribution is -2.05. The summed E-state index contributed by atoms with van der Waals surface area (Å²) in [5.74, 6) is -0.373. The molecular weight excluding hydrogens is 348 g/mol. The molecule has 1 aromatic heterocycles. The second kappa shape index (κ2) is 7.92. The molecule has 0 N–H and O–H groups in total. The molecule has 0 saturated carbocycles. The Morgan fingerprint density at radius 3 is 2.36 bits per heavy atom. The minimum Gasteiger partial charge on any atom is -0.463 e. The van der Waals surface area contributed by atoms with Crippen molar-refractivity contribution in [2.24, 2.45) is 0 Å². The maximum absolute atomic E-state index is 12.2. The molecule has 138 valence electrons. The number of ether oxygens (including phenoxy) is 1. The molecule has 0 aliphatic rings. The van der Waals surface area contributed by atoms with Crippen LogP contribution in [0.15, 0.2) is 91.3 Å². The third kappa shape index (κ3) is 3.58.